The lowest BCUT2D eigenvalue weighted by molar-refractivity contribution is -0.134. The van der Waals surface area contributed by atoms with Crippen LogP contribution in [-0.4, -0.2) is 13.1 Å². The van der Waals surface area contributed by atoms with Crippen LogP contribution in [0.4, 0.5) is 0 Å². The number of benzene rings is 1. The van der Waals surface area contributed by atoms with E-state index in [9.17, 15) is 4.79 Å². The number of aryl methyl sites for hydroxylation is 1. The Morgan fingerprint density at radius 2 is 2.07 bits per heavy atom. The molecule has 0 aliphatic heterocycles. The first-order valence-corrected chi connectivity index (χ1v) is 4.47. The second-order valence-electron chi connectivity index (χ2n) is 3.15. The van der Waals surface area contributed by atoms with E-state index in [2.05, 4.69) is 4.74 Å². The summed E-state index contributed by atoms with van der Waals surface area (Å²) >= 11 is 0. The van der Waals surface area contributed by atoms with Crippen molar-refractivity contribution in [2.45, 2.75) is 13.8 Å². The van der Waals surface area contributed by atoms with Crippen molar-refractivity contribution in [1.82, 2.24) is 0 Å². The van der Waals surface area contributed by atoms with Crippen molar-refractivity contribution in [3.8, 4) is 0 Å². The summed E-state index contributed by atoms with van der Waals surface area (Å²) in [5, 5.41) is 0. The Hall–Kier alpha value is -1.57. The topological polar surface area (TPSA) is 26.3 Å². The average Bonchev–Trinajstić information content (AvgIpc) is 2.20. The number of ether oxygens (including phenoxy) is 1. The minimum absolute atomic E-state index is 0.328. The SMILES string of the molecule is COC(=O)/C=C/c1cccc(C)c1C. The number of rotatable bonds is 2. The predicted octanol–water partition coefficient (Wildman–Crippen LogP) is 2.49. The van der Waals surface area contributed by atoms with Gasteiger partial charge < -0.3 is 4.74 Å². The third kappa shape index (κ3) is 2.46. The first-order chi connectivity index (χ1) is 6.65. The quantitative estimate of drug-likeness (QED) is 0.529. The van der Waals surface area contributed by atoms with Crippen molar-refractivity contribution >= 4 is 12.0 Å². The minimum Gasteiger partial charge on any atom is -0.466 e. The molecule has 14 heavy (non-hydrogen) atoms. The molecule has 2 heteroatoms. The van der Waals surface area contributed by atoms with E-state index < -0.39 is 0 Å². The number of hydrogen-bond donors (Lipinski definition) is 0. The van der Waals surface area contributed by atoms with E-state index in [-0.39, 0.29) is 5.97 Å². The van der Waals surface area contributed by atoms with Crippen molar-refractivity contribution in [3.63, 3.8) is 0 Å². The van der Waals surface area contributed by atoms with Gasteiger partial charge in [0.05, 0.1) is 7.11 Å². The van der Waals surface area contributed by atoms with Gasteiger partial charge in [-0.3, -0.25) is 0 Å². The summed E-state index contributed by atoms with van der Waals surface area (Å²) in [5.41, 5.74) is 3.46. The molecular formula is C12H14O2. The Morgan fingerprint density at radius 3 is 2.71 bits per heavy atom. The van der Waals surface area contributed by atoms with E-state index in [1.165, 1.54) is 24.3 Å². The summed E-state index contributed by atoms with van der Waals surface area (Å²) in [5.74, 6) is -0.328. The van der Waals surface area contributed by atoms with Gasteiger partial charge in [-0.25, -0.2) is 4.79 Å². The molecule has 0 atom stereocenters. The second-order valence-corrected chi connectivity index (χ2v) is 3.15. The zero-order chi connectivity index (χ0) is 10.6. The van der Waals surface area contributed by atoms with Crippen molar-refractivity contribution in [1.29, 1.82) is 0 Å². The molecular weight excluding hydrogens is 176 g/mol. The molecule has 0 aliphatic rings. The van der Waals surface area contributed by atoms with Crippen molar-refractivity contribution in [2.75, 3.05) is 7.11 Å². The van der Waals surface area contributed by atoms with E-state index in [1.807, 2.05) is 32.0 Å². The molecule has 1 aromatic carbocycles. The van der Waals surface area contributed by atoms with Gasteiger partial charge in [0.25, 0.3) is 0 Å². The summed E-state index contributed by atoms with van der Waals surface area (Å²) < 4.78 is 4.52. The van der Waals surface area contributed by atoms with Crippen LogP contribution in [-0.2, 0) is 9.53 Å². The maximum Gasteiger partial charge on any atom is 0.330 e. The van der Waals surface area contributed by atoms with Crippen LogP contribution in [0.3, 0.4) is 0 Å². The Labute approximate surface area is 84.2 Å². The lowest BCUT2D eigenvalue weighted by Crippen LogP contribution is -1.94. The van der Waals surface area contributed by atoms with Gasteiger partial charge >= 0.3 is 5.97 Å². The molecule has 2 nitrogen and oxygen atoms in total. The highest BCUT2D eigenvalue weighted by Crippen LogP contribution is 2.13. The maximum atomic E-state index is 10.9. The smallest absolute Gasteiger partial charge is 0.330 e. The highest BCUT2D eigenvalue weighted by atomic mass is 16.5. The Morgan fingerprint density at radius 1 is 1.36 bits per heavy atom. The molecule has 0 radical (unpaired) electrons. The summed E-state index contributed by atoms with van der Waals surface area (Å²) in [6, 6.07) is 5.99. The van der Waals surface area contributed by atoms with Crippen LogP contribution in [0.15, 0.2) is 24.3 Å². The first kappa shape index (κ1) is 10.5. The van der Waals surface area contributed by atoms with Gasteiger partial charge in [0.2, 0.25) is 0 Å². The van der Waals surface area contributed by atoms with Crippen LogP contribution in [0.2, 0.25) is 0 Å². The number of carbonyl (C=O) groups excluding carboxylic acids is 1. The van der Waals surface area contributed by atoms with Gasteiger partial charge in [-0.2, -0.15) is 0 Å². The zero-order valence-electron chi connectivity index (χ0n) is 8.70. The summed E-state index contributed by atoms with van der Waals surface area (Å²) in [4.78, 5) is 10.9. The minimum atomic E-state index is -0.328. The highest BCUT2D eigenvalue weighted by Gasteiger charge is 1.97. The molecule has 1 aromatic rings. The molecule has 0 saturated heterocycles. The molecule has 0 amide bonds. The number of carbonyl (C=O) groups is 1. The molecule has 74 valence electrons. The molecule has 1 rings (SSSR count). The Balaban J connectivity index is 2.92. The Kier molecular flexibility index (Phi) is 3.46. The zero-order valence-corrected chi connectivity index (χ0v) is 8.70. The van der Waals surface area contributed by atoms with Gasteiger partial charge in [0, 0.05) is 6.08 Å². The summed E-state index contributed by atoms with van der Waals surface area (Å²) in [7, 11) is 1.37. The number of hydrogen-bond acceptors (Lipinski definition) is 2. The Bertz CT molecular complexity index is 365. The molecule has 0 aliphatic carbocycles. The standard InChI is InChI=1S/C12H14O2/c1-9-5-4-6-11(10(9)2)7-8-12(13)14-3/h4-8H,1-3H3/b8-7+. The first-order valence-electron chi connectivity index (χ1n) is 4.47. The van der Waals surface area contributed by atoms with Crippen molar-refractivity contribution in [3.05, 3.63) is 41.0 Å². The van der Waals surface area contributed by atoms with E-state index >= 15 is 0 Å². The predicted molar refractivity (Wildman–Crippen MR) is 57.0 cm³/mol. The molecule has 0 bridgehead atoms. The summed E-state index contributed by atoms with van der Waals surface area (Å²) in [6.45, 7) is 4.08. The largest absolute Gasteiger partial charge is 0.466 e. The maximum absolute atomic E-state index is 10.9. The van der Waals surface area contributed by atoms with E-state index in [1.54, 1.807) is 6.08 Å². The van der Waals surface area contributed by atoms with Crippen LogP contribution >= 0.6 is 0 Å². The normalized spacial score (nSPS) is 10.5. The second kappa shape index (κ2) is 4.61. The molecule has 0 N–H and O–H groups in total. The number of esters is 1. The lowest BCUT2D eigenvalue weighted by atomic mass is 10.0. The summed E-state index contributed by atoms with van der Waals surface area (Å²) in [6.07, 6.45) is 3.20. The van der Waals surface area contributed by atoms with Gasteiger partial charge in [0.15, 0.2) is 0 Å². The molecule has 0 spiro atoms. The fourth-order valence-corrected chi connectivity index (χ4v) is 1.18. The molecule has 0 aromatic heterocycles. The van der Waals surface area contributed by atoms with Gasteiger partial charge in [-0.1, -0.05) is 18.2 Å². The van der Waals surface area contributed by atoms with E-state index in [0.29, 0.717) is 0 Å². The van der Waals surface area contributed by atoms with Crippen molar-refractivity contribution < 1.29 is 9.53 Å². The van der Waals surface area contributed by atoms with Gasteiger partial charge in [0.1, 0.15) is 0 Å². The van der Waals surface area contributed by atoms with Crippen LogP contribution in [0, 0.1) is 13.8 Å². The molecule has 0 unspecified atom stereocenters. The monoisotopic (exact) mass is 190 g/mol. The average molecular weight is 190 g/mol. The van der Waals surface area contributed by atoms with Gasteiger partial charge in [-0.05, 0) is 36.6 Å². The fourth-order valence-electron chi connectivity index (χ4n) is 1.18. The van der Waals surface area contributed by atoms with Gasteiger partial charge in [-0.15, -0.1) is 0 Å². The van der Waals surface area contributed by atoms with Crippen LogP contribution in [0.1, 0.15) is 16.7 Å². The molecule has 0 heterocycles. The van der Waals surface area contributed by atoms with Crippen molar-refractivity contribution in [2.24, 2.45) is 0 Å². The number of methoxy groups -OCH3 is 1. The van der Waals surface area contributed by atoms with Crippen LogP contribution in [0.25, 0.3) is 6.08 Å². The fraction of sp³-hybridized carbons (Fsp3) is 0.250. The van der Waals surface area contributed by atoms with Crippen LogP contribution < -0.4 is 0 Å². The third-order valence-electron chi connectivity index (χ3n) is 2.25. The van der Waals surface area contributed by atoms with E-state index in [4.69, 9.17) is 0 Å². The highest BCUT2D eigenvalue weighted by molar-refractivity contribution is 5.87. The third-order valence-corrected chi connectivity index (χ3v) is 2.25. The molecule has 0 fully saturated rings. The lowest BCUT2D eigenvalue weighted by Gasteiger charge is -2.03. The molecule has 0 saturated carbocycles. The van der Waals surface area contributed by atoms with E-state index in [0.717, 1.165) is 5.56 Å². The van der Waals surface area contributed by atoms with Crippen LogP contribution in [0.5, 0.6) is 0 Å².